The Morgan fingerprint density at radius 1 is 0.760 bits per heavy atom. The van der Waals surface area contributed by atoms with Gasteiger partial charge in [-0.25, -0.2) is 0 Å². The van der Waals surface area contributed by atoms with E-state index in [1.165, 1.54) is 16.3 Å². The van der Waals surface area contributed by atoms with Gasteiger partial charge in [0.2, 0.25) is 0 Å². The molecule has 2 heteroatoms. The van der Waals surface area contributed by atoms with E-state index in [0.29, 0.717) is 0 Å². The first-order valence-corrected chi connectivity index (χ1v) is 8.45. The molecule has 1 N–H and O–H groups in total. The van der Waals surface area contributed by atoms with Crippen LogP contribution in [0.15, 0.2) is 83.9 Å². The van der Waals surface area contributed by atoms with Crippen molar-refractivity contribution in [1.29, 1.82) is 0 Å². The lowest BCUT2D eigenvalue weighted by Gasteiger charge is -2.11. The number of aliphatic imine (C=N–C) groups is 1. The minimum atomic E-state index is 0.00414. The van der Waals surface area contributed by atoms with Crippen LogP contribution in [0.2, 0.25) is 0 Å². The monoisotopic (exact) mass is 325 g/mol. The first-order valence-electron chi connectivity index (χ1n) is 8.45. The second-order valence-electron chi connectivity index (χ2n) is 6.24. The molecular formula is C23H19NO. The second-order valence-corrected chi connectivity index (χ2v) is 6.24. The van der Waals surface area contributed by atoms with E-state index in [9.17, 15) is 5.11 Å². The van der Waals surface area contributed by atoms with Crippen LogP contribution in [-0.2, 0) is 0 Å². The Labute approximate surface area is 147 Å². The van der Waals surface area contributed by atoms with Crippen LogP contribution >= 0.6 is 0 Å². The molecular weight excluding hydrogens is 306 g/mol. The molecule has 4 rings (SSSR count). The minimum Gasteiger partial charge on any atom is -0.507 e. The van der Waals surface area contributed by atoms with Crippen LogP contribution in [0.3, 0.4) is 0 Å². The number of hydrogen-bond acceptors (Lipinski definition) is 2. The fourth-order valence-corrected chi connectivity index (χ4v) is 3.30. The molecule has 0 aliphatic rings. The summed E-state index contributed by atoms with van der Waals surface area (Å²) in [5.74, 6) is 0.257. The van der Waals surface area contributed by atoms with Gasteiger partial charge in [-0.2, -0.15) is 0 Å². The summed E-state index contributed by atoms with van der Waals surface area (Å²) in [6.45, 7) is 2.08. The zero-order valence-electron chi connectivity index (χ0n) is 14.1. The molecule has 122 valence electrons. The normalized spacial score (nSPS) is 12.8. The lowest BCUT2D eigenvalue weighted by atomic mass is 10.00. The summed E-state index contributed by atoms with van der Waals surface area (Å²) in [6, 6.07) is 26.3. The third-order valence-corrected chi connectivity index (χ3v) is 4.65. The Bertz CT molecular complexity index is 1080. The quantitative estimate of drug-likeness (QED) is 0.469. The summed E-state index contributed by atoms with van der Waals surface area (Å²) >= 11 is 0. The summed E-state index contributed by atoms with van der Waals surface area (Å²) in [6.07, 6.45) is 1.80. The van der Waals surface area contributed by atoms with Gasteiger partial charge in [0.1, 0.15) is 5.75 Å². The molecule has 0 aromatic heterocycles. The van der Waals surface area contributed by atoms with Gasteiger partial charge >= 0.3 is 0 Å². The van der Waals surface area contributed by atoms with Crippen molar-refractivity contribution in [3.8, 4) is 5.75 Å². The van der Waals surface area contributed by atoms with E-state index in [0.717, 1.165) is 16.3 Å². The van der Waals surface area contributed by atoms with Gasteiger partial charge < -0.3 is 5.11 Å². The van der Waals surface area contributed by atoms with E-state index in [1.807, 2.05) is 36.4 Å². The highest BCUT2D eigenvalue weighted by atomic mass is 16.3. The molecule has 0 aliphatic carbocycles. The zero-order chi connectivity index (χ0) is 17.2. The Morgan fingerprint density at radius 2 is 1.40 bits per heavy atom. The van der Waals surface area contributed by atoms with Crippen molar-refractivity contribution in [3.05, 3.63) is 90.0 Å². The highest BCUT2D eigenvalue weighted by Crippen LogP contribution is 2.29. The van der Waals surface area contributed by atoms with Crippen molar-refractivity contribution in [2.45, 2.75) is 13.0 Å². The van der Waals surface area contributed by atoms with Crippen molar-refractivity contribution in [2.75, 3.05) is 0 Å². The van der Waals surface area contributed by atoms with Gasteiger partial charge in [-0.15, -0.1) is 0 Å². The summed E-state index contributed by atoms with van der Waals surface area (Å²) in [4.78, 5) is 4.74. The smallest absolute Gasteiger partial charge is 0.124 e. The van der Waals surface area contributed by atoms with Crippen molar-refractivity contribution in [2.24, 2.45) is 4.99 Å². The van der Waals surface area contributed by atoms with Crippen molar-refractivity contribution in [1.82, 2.24) is 0 Å². The summed E-state index contributed by atoms with van der Waals surface area (Å²) in [5.41, 5.74) is 1.96. The first-order chi connectivity index (χ1) is 12.2. The molecule has 0 saturated carbocycles. The fourth-order valence-electron chi connectivity index (χ4n) is 3.30. The van der Waals surface area contributed by atoms with Gasteiger partial charge in [-0.1, -0.05) is 72.8 Å². The van der Waals surface area contributed by atoms with Crippen LogP contribution < -0.4 is 0 Å². The maximum Gasteiger partial charge on any atom is 0.124 e. The second kappa shape index (κ2) is 6.40. The summed E-state index contributed by atoms with van der Waals surface area (Å²) < 4.78 is 0. The molecule has 4 aromatic carbocycles. The average Bonchev–Trinajstić information content (AvgIpc) is 2.66. The molecule has 0 saturated heterocycles. The van der Waals surface area contributed by atoms with Gasteiger partial charge in [0.15, 0.2) is 0 Å². The Kier molecular flexibility index (Phi) is 3.95. The molecule has 1 atom stereocenters. The van der Waals surface area contributed by atoms with E-state index in [-0.39, 0.29) is 11.8 Å². The van der Waals surface area contributed by atoms with E-state index < -0.39 is 0 Å². The van der Waals surface area contributed by atoms with Crippen LogP contribution in [-0.4, -0.2) is 11.3 Å². The number of fused-ring (bicyclic) bond motifs is 2. The largest absolute Gasteiger partial charge is 0.507 e. The lowest BCUT2D eigenvalue weighted by molar-refractivity contribution is 0.475. The zero-order valence-corrected chi connectivity index (χ0v) is 14.1. The maximum absolute atomic E-state index is 10.3. The Morgan fingerprint density at radius 3 is 2.20 bits per heavy atom. The summed E-state index contributed by atoms with van der Waals surface area (Å²) in [5, 5.41) is 14.8. The van der Waals surface area contributed by atoms with Crippen molar-refractivity contribution < 1.29 is 5.11 Å². The molecule has 2 nitrogen and oxygen atoms in total. The Balaban J connectivity index is 1.76. The third kappa shape index (κ3) is 2.87. The predicted molar refractivity (Wildman–Crippen MR) is 106 cm³/mol. The first kappa shape index (κ1) is 15.4. The van der Waals surface area contributed by atoms with Crippen LogP contribution in [0.5, 0.6) is 5.75 Å². The number of hydrogen-bond donors (Lipinski definition) is 1. The van der Waals surface area contributed by atoms with E-state index in [4.69, 9.17) is 4.99 Å². The van der Waals surface area contributed by atoms with Crippen LogP contribution in [0, 0.1) is 0 Å². The molecule has 0 fully saturated rings. The van der Waals surface area contributed by atoms with Crippen LogP contribution in [0.25, 0.3) is 21.5 Å². The SMILES string of the molecule is C[C@@H](N=Cc1c(O)ccc2ccccc12)c1cccc2ccccc12. The van der Waals surface area contributed by atoms with Gasteiger partial charge in [0, 0.05) is 11.8 Å². The number of phenols is 1. The molecule has 25 heavy (non-hydrogen) atoms. The maximum atomic E-state index is 10.3. The van der Waals surface area contributed by atoms with Crippen LogP contribution in [0.4, 0.5) is 0 Å². The molecule has 4 aromatic rings. The van der Waals surface area contributed by atoms with E-state index in [2.05, 4.69) is 43.3 Å². The van der Waals surface area contributed by atoms with Crippen molar-refractivity contribution in [3.63, 3.8) is 0 Å². The van der Waals surface area contributed by atoms with E-state index in [1.54, 1.807) is 12.3 Å². The van der Waals surface area contributed by atoms with Gasteiger partial charge in [0.25, 0.3) is 0 Å². The predicted octanol–water partition coefficient (Wildman–Crippen LogP) is 5.88. The average molecular weight is 325 g/mol. The topological polar surface area (TPSA) is 32.6 Å². The van der Waals surface area contributed by atoms with Crippen molar-refractivity contribution >= 4 is 27.8 Å². The third-order valence-electron chi connectivity index (χ3n) is 4.65. The van der Waals surface area contributed by atoms with Gasteiger partial charge in [-0.05, 0) is 40.1 Å². The standard InChI is InChI=1S/C23H19NO/c1-16(19-12-6-9-17-7-2-4-10-20(17)19)24-15-22-21-11-5-3-8-18(21)13-14-23(22)25/h2-16,25H,1H3/t16-/m1/s1. The molecule has 0 heterocycles. The Hall–Kier alpha value is -3.13. The van der Waals surface area contributed by atoms with Gasteiger partial charge in [-0.3, -0.25) is 4.99 Å². The highest BCUT2D eigenvalue weighted by molar-refractivity contribution is 6.02. The highest BCUT2D eigenvalue weighted by Gasteiger charge is 2.09. The van der Waals surface area contributed by atoms with Crippen LogP contribution in [0.1, 0.15) is 24.1 Å². The fraction of sp³-hybridized carbons (Fsp3) is 0.0870. The molecule has 0 amide bonds. The summed E-state index contributed by atoms with van der Waals surface area (Å²) in [7, 11) is 0. The molecule has 0 radical (unpaired) electrons. The molecule has 0 bridgehead atoms. The van der Waals surface area contributed by atoms with E-state index >= 15 is 0 Å². The number of phenolic OH excluding ortho intramolecular Hbond substituents is 1. The number of rotatable bonds is 3. The lowest BCUT2D eigenvalue weighted by Crippen LogP contribution is -1.94. The minimum absolute atomic E-state index is 0.00414. The van der Waals surface area contributed by atoms with Gasteiger partial charge in [0.05, 0.1) is 6.04 Å². The number of aromatic hydroxyl groups is 1. The molecule has 0 spiro atoms. The molecule has 0 aliphatic heterocycles. The number of nitrogens with zero attached hydrogens (tertiary/aromatic N) is 1. The number of benzene rings is 4. The molecule has 0 unspecified atom stereocenters.